The van der Waals surface area contributed by atoms with Crippen molar-refractivity contribution < 1.29 is 4.39 Å². The summed E-state index contributed by atoms with van der Waals surface area (Å²) in [6.45, 7) is 4.27. The lowest BCUT2D eigenvalue weighted by Gasteiger charge is -2.40. The molecule has 1 N–H and O–H groups in total. The zero-order valence-electron chi connectivity index (χ0n) is 11.7. The van der Waals surface area contributed by atoms with Gasteiger partial charge in [0, 0.05) is 11.6 Å². The van der Waals surface area contributed by atoms with Gasteiger partial charge in [-0.25, -0.2) is 4.39 Å². The Kier molecular flexibility index (Phi) is 5.14. The topological polar surface area (TPSA) is 15.3 Å². The molecule has 0 saturated carbocycles. The maximum atomic E-state index is 13.9. The van der Waals surface area contributed by atoms with Gasteiger partial charge in [-0.05, 0) is 53.0 Å². The molecule has 0 radical (unpaired) electrons. The predicted molar refractivity (Wildman–Crippen MR) is 75.7 cm³/mol. The number of hydrogen-bond donors (Lipinski definition) is 1. The third kappa shape index (κ3) is 3.22. The van der Waals surface area contributed by atoms with Gasteiger partial charge in [-0.15, -0.1) is 0 Å². The SMILES string of the molecule is CNC(Cc1cccc(Cl)c1F)C(C)(C)N(C)C. The first kappa shape index (κ1) is 15.4. The first-order valence-corrected chi connectivity index (χ1v) is 6.46. The Hall–Kier alpha value is -0.640. The fourth-order valence-electron chi connectivity index (χ4n) is 1.94. The van der Waals surface area contributed by atoms with Gasteiger partial charge in [0.05, 0.1) is 5.02 Å². The molecule has 0 aliphatic rings. The van der Waals surface area contributed by atoms with Crippen LogP contribution in [0.4, 0.5) is 4.39 Å². The van der Waals surface area contributed by atoms with Crippen molar-refractivity contribution in [3.8, 4) is 0 Å². The van der Waals surface area contributed by atoms with E-state index in [1.165, 1.54) is 0 Å². The molecule has 1 aromatic carbocycles. The quantitative estimate of drug-likeness (QED) is 0.887. The van der Waals surface area contributed by atoms with E-state index < -0.39 is 0 Å². The molecule has 18 heavy (non-hydrogen) atoms. The van der Waals surface area contributed by atoms with E-state index in [1.807, 2.05) is 21.1 Å². The van der Waals surface area contributed by atoms with Crippen LogP contribution in [0.3, 0.4) is 0 Å². The van der Waals surface area contributed by atoms with Crippen LogP contribution < -0.4 is 5.32 Å². The Morgan fingerprint density at radius 3 is 2.50 bits per heavy atom. The van der Waals surface area contributed by atoms with Gasteiger partial charge in [0.25, 0.3) is 0 Å². The molecule has 2 nitrogen and oxygen atoms in total. The fourth-order valence-corrected chi connectivity index (χ4v) is 2.14. The minimum absolute atomic E-state index is 0.0799. The second kappa shape index (κ2) is 6.00. The number of hydrogen-bond acceptors (Lipinski definition) is 2. The molecule has 4 heteroatoms. The second-order valence-corrected chi connectivity index (χ2v) is 5.71. The lowest BCUT2D eigenvalue weighted by molar-refractivity contribution is 0.141. The monoisotopic (exact) mass is 272 g/mol. The Labute approximate surface area is 114 Å². The van der Waals surface area contributed by atoms with Crippen LogP contribution in [0.1, 0.15) is 19.4 Å². The molecule has 0 spiro atoms. The van der Waals surface area contributed by atoms with Crippen molar-refractivity contribution >= 4 is 11.6 Å². The first-order chi connectivity index (χ1) is 8.30. The lowest BCUT2D eigenvalue weighted by Crippen LogP contribution is -2.55. The van der Waals surface area contributed by atoms with E-state index in [1.54, 1.807) is 18.2 Å². The van der Waals surface area contributed by atoms with E-state index in [-0.39, 0.29) is 22.4 Å². The van der Waals surface area contributed by atoms with Crippen LogP contribution in [0.5, 0.6) is 0 Å². The summed E-state index contributed by atoms with van der Waals surface area (Å²) >= 11 is 5.81. The van der Waals surface area contributed by atoms with Gasteiger partial charge in [0.15, 0.2) is 0 Å². The molecule has 0 aliphatic heterocycles. The number of nitrogens with zero attached hydrogens (tertiary/aromatic N) is 1. The molecule has 0 aromatic heterocycles. The summed E-state index contributed by atoms with van der Waals surface area (Å²) in [4.78, 5) is 2.14. The summed E-state index contributed by atoms with van der Waals surface area (Å²) < 4.78 is 13.9. The van der Waals surface area contributed by atoms with Gasteiger partial charge >= 0.3 is 0 Å². The zero-order valence-corrected chi connectivity index (χ0v) is 12.5. The van der Waals surface area contributed by atoms with E-state index in [9.17, 15) is 4.39 Å². The third-order valence-electron chi connectivity index (χ3n) is 3.81. The highest BCUT2D eigenvalue weighted by Crippen LogP contribution is 2.23. The highest BCUT2D eigenvalue weighted by Gasteiger charge is 2.31. The van der Waals surface area contributed by atoms with Crippen LogP contribution >= 0.6 is 11.6 Å². The Bertz CT molecular complexity index is 405. The first-order valence-electron chi connectivity index (χ1n) is 6.08. The van der Waals surface area contributed by atoms with Crippen LogP contribution in [0.25, 0.3) is 0 Å². The van der Waals surface area contributed by atoms with Crippen molar-refractivity contribution in [2.45, 2.75) is 31.8 Å². The largest absolute Gasteiger partial charge is 0.315 e. The molecule has 0 fully saturated rings. The Balaban J connectivity index is 2.97. The summed E-state index contributed by atoms with van der Waals surface area (Å²) in [5.41, 5.74) is 0.570. The number of nitrogens with one attached hydrogen (secondary N) is 1. The van der Waals surface area contributed by atoms with E-state index in [2.05, 4.69) is 24.1 Å². The van der Waals surface area contributed by atoms with Crippen LogP contribution in [0.15, 0.2) is 18.2 Å². The van der Waals surface area contributed by atoms with E-state index in [4.69, 9.17) is 11.6 Å². The highest BCUT2D eigenvalue weighted by atomic mass is 35.5. The summed E-state index contributed by atoms with van der Waals surface area (Å²) in [5, 5.41) is 3.45. The molecular weight excluding hydrogens is 251 g/mol. The summed E-state index contributed by atoms with van der Waals surface area (Å²) in [6, 6.07) is 5.29. The average Bonchev–Trinajstić information content (AvgIpc) is 2.30. The van der Waals surface area contributed by atoms with Crippen molar-refractivity contribution in [2.24, 2.45) is 0 Å². The third-order valence-corrected chi connectivity index (χ3v) is 4.10. The van der Waals surface area contributed by atoms with Crippen molar-refractivity contribution in [1.29, 1.82) is 0 Å². The van der Waals surface area contributed by atoms with Crippen molar-refractivity contribution in [3.05, 3.63) is 34.6 Å². The Morgan fingerprint density at radius 2 is 2.00 bits per heavy atom. The number of benzene rings is 1. The molecule has 102 valence electrons. The summed E-state index contributed by atoms with van der Waals surface area (Å²) in [6.07, 6.45) is 0.605. The summed E-state index contributed by atoms with van der Waals surface area (Å²) in [5.74, 6) is -0.311. The van der Waals surface area contributed by atoms with E-state index in [0.29, 0.717) is 12.0 Å². The van der Waals surface area contributed by atoms with Crippen molar-refractivity contribution in [2.75, 3.05) is 21.1 Å². The molecule has 1 rings (SSSR count). The van der Waals surface area contributed by atoms with Crippen LogP contribution in [0, 0.1) is 5.82 Å². The molecule has 1 atom stereocenters. The Morgan fingerprint density at radius 1 is 1.39 bits per heavy atom. The van der Waals surface area contributed by atoms with Crippen molar-refractivity contribution in [1.82, 2.24) is 10.2 Å². The van der Waals surface area contributed by atoms with Gasteiger partial charge in [0.2, 0.25) is 0 Å². The van der Waals surface area contributed by atoms with Crippen LogP contribution in [0.2, 0.25) is 5.02 Å². The van der Waals surface area contributed by atoms with Gasteiger partial charge < -0.3 is 10.2 Å². The fraction of sp³-hybridized carbons (Fsp3) is 0.571. The van der Waals surface area contributed by atoms with Crippen LogP contribution in [-0.2, 0) is 6.42 Å². The maximum absolute atomic E-state index is 13.9. The summed E-state index contributed by atoms with van der Waals surface area (Å²) in [7, 11) is 5.95. The molecule has 0 amide bonds. The number of likely N-dealkylation sites (N-methyl/N-ethyl adjacent to an activating group) is 2. The zero-order chi connectivity index (χ0) is 13.9. The molecular formula is C14H22ClFN2. The van der Waals surface area contributed by atoms with Gasteiger partial charge in [-0.2, -0.15) is 0 Å². The highest BCUT2D eigenvalue weighted by molar-refractivity contribution is 6.30. The number of halogens is 2. The van der Waals surface area contributed by atoms with E-state index >= 15 is 0 Å². The maximum Gasteiger partial charge on any atom is 0.145 e. The average molecular weight is 273 g/mol. The minimum Gasteiger partial charge on any atom is -0.315 e. The molecule has 0 saturated heterocycles. The molecule has 1 aromatic rings. The standard InChI is InChI=1S/C14H22ClFN2/c1-14(2,18(4)5)12(17-3)9-10-7-6-8-11(15)13(10)16/h6-8,12,17H,9H2,1-5H3. The van der Waals surface area contributed by atoms with Crippen molar-refractivity contribution in [3.63, 3.8) is 0 Å². The molecule has 0 bridgehead atoms. The van der Waals surface area contributed by atoms with Gasteiger partial charge in [0.1, 0.15) is 5.82 Å². The molecule has 1 unspecified atom stereocenters. The molecule has 0 aliphatic carbocycles. The predicted octanol–water partition coefficient (Wildman–Crippen LogP) is 2.95. The van der Waals surface area contributed by atoms with Crippen LogP contribution in [-0.4, -0.2) is 37.6 Å². The van der Waals surface area contributed by atoms with Gasteiger partial charge in [-0.3, -0.25) is 0 Å². The second-order valence-electron chi connectivity index (χ2n) is 5.31. The smallest absolute Gasteiger partial charge is 0.145 e. The number of rotatable bonds is 5. The molecule has 0 heterocycles. The normalized spacial score (nSPS) is 14.0. The lowest BCUT2D eigenvalue weighted by atomic mass is 9.88. The minimum atomic E-state index is -0.311. The van der Waals surface area contributed by atoms with Gasteiger partial charge in [-0.1, -0.05) is 23.7 Å². The van der Waals surface area contributed by atoms with E-state index in [0.717, 1.165) is 0 Å².